The van der Waals surface area contributed by atoms with Gasteiger partial charge in [-0.3, -0.25) is 4.79 Å². The first-order chi connectivity index (χ1) is 5.25. The molecule has 1 atom stereocenters. The molecule has 1 rings (SSSR count). The van der Waals surface area contributed by atoms with Gasteiger partial charge in [0.15, 0.2) is 0 Å². The standard InChI is InChI=1S/C9H15NO/c1-3-4-7(2)9(11)8-5-10-6-8/h3,7-8,10H,1,4-6H2,2H3. The molecule has 62 valence electrons. The summed E-state index contributed by atoms with van der Waals surface area (Å²) in [5, 5.41) is 3.09. The molecule has 0 aromatic rings. The second kappa shape index (κ2) is 3.67. The molecule has 1 fully saturated rings. The maximum atomic E-state index is 11.4. The zero-order valence-electron chi connectivity index (χ0n) is 6.97. The van der Waals surface area contributed by atoms with Crippen molar-refractivity contribution in [2.75, 3.05) is 13.1 Å². The molecule has 0 saturated carbocycles. The molecule has 0 bridgehead atoms. The van der Waals surface area contributed by atoms with Crippen LogP contribution in [0.1, 0.15) is 13.3 Å². The van der Waals surface area contributed by atoms with Gasteiger partial charge in [0.1, 0.15) is 5.78 Å². The molecule has 0 amide bonds. The van der Waals surface area contributed by atoms with E-state index in [0.717, 1.165) is 19.5 Å². The van der Waals surface area contributed by atoms with Crippen LogP contribution in [0, 0.1) is 11.8 Å². The predicted molar refractivity (Wildman–Crippen MR) is 45.3 cm³/mol. The smallest absolute Gasteiger partial charge is 0.141 e. The summed E-state index contributed by atoms with van der Waals surface area (Å²) in [5.74, 6) is 0.841. The average Bonchev–Trinajstić information content (AvgIpc) is 1.84. The second-order valence-corrected chi connectivity index (χ2v) is 3.18. The molecule has 11 heavy (non-hydrogen) atoms. The number of nitrogens with one attached hydrogen (secondary N) is 1. The van der Waals surface area contributed by atoms with Crippen molar-refractivity contribution in [1.29, 1.82) is 0 Å². The van der Waals surface area contributed by atoms with E-state index in [1.165, 1.54) is 0 Å². The zero-order chi connectivity index (χ0) is 8.27. The van der Waals surface area contributed by atoms with Crippen molar-refractivity contribution in [3.05, 3.63) is 12.7 Å². The Balaban J connectivity index is 2.32. The molecule has 0 aliphatic carbocycles. The second-order valence-electron chi connectivity index (χ2n) is 3.18. The van der Waals surface area contributed by atoms with E-state index in [9.17, 15) is 4.79 Å². The Bertz CT molecular complexity index is 161. The fraction of sp³-hybridized carbons (Fsp3) is 0.667. The maximum absolute atomic E-state index is 11.4. The molecule has 0 spiro atoms. The van der Waals surface area contributed by atoms with Gasteiger partial charge < -0.3 is 5.32 Å². The number of carbonyl (C=O) groups excluding carboxylic acids is 1. The summed E-state index contributed by atoms with van der Waals surface area (Å²) in [6.45, 7) is 7.34. The van der Waals surface area contributed by atoms with E-state index < -0.39 is 0 Å². The van der Waals surface area contributed by atoms with E-state index >= 15 is 0 Å². The Labute approximate surface area is 67.7 Å². The summed E-state index contributed by atoms with van der Waals surface area (Å²) in [4.78, 5) is 11.4. The summed E-state index contributed by atoms with van der Waals surface area (Å²) in [6, 6.07) is 0. The SMILES string of the molecule is C=CCC(C)C(=O)C1CNC1. The largest absolute Gasteiger partial charge is 0.315 e. The minimum Gasteiger partial charge on any atom is -0.315 e. The highest BCUT2D eigenvalue weighted by Crippen LogP contribution is 2.14. The molecule has 1 unspecified atom stereocenters. The van der Waals surface area contributed by atoms with E-state index in [2.05, 4.69) is 11.9 Å². The third kappa shape index (κ3) is 1.90. The van der Waals surface area contributed by atoms with E-state index in [0.29, 0.717) is 5.78 Å². The van der Waals surface area contributed by atoms with E-state index in [1.807, 2.05) is 13.0 Å². The third-order valence-corrected chi connectivity index (χ3v) is 2.19. The lowest BCUT2D eigenvalue weighted by Crippen LogP contribution is -2.48. The van der Waals surface area contributed by atoms with Crippen LogP contribution in [0.4, 0.5) is 0 Å². The van der Waals surface area contributed by atoms with E-state index in [-0.39, 0.29) is 11.8 Å². The quantitative estimate of drug-likeness (QED) is 0.610. The molecule has 2 nitrogen and oxygen atoms in total. The van der Waals surface area contributed by atoms with Crippen LogP contribution in [-0.4, -0.2) is 18.9 Å². The molecule has 0 radical (unpaired) electrons. The number of hydrogen-bond donors (Lipinski definition) is 1. The molecule has 2 heteroatoms. The van der Waals surface area contributed by atoms with Crippen LogP contribution in [0.15, 0.2) is 12.7 Å². The van der Waals surface area contributed by atoms with Gasteiger partial charge in [-0.05, 0) is 6.42 Å². The lowest BCUT2D eigenvalue weighted by Gasteiger charge is -2.27. The van der Waals surface area contributed by atoms with Gasteiger partial charge in [-0.15, -0.1) is 6.58 Å². The van der Waals surface area contributed by atoms with Gasteiger partial charge in [0.05, 0.1) is 0 Å². The highest BCUT2D eigenvalue weighted by molar-refractivity contribution is 5.84. The van der Waals surface area contributed by atoms with Gasteiger partial charge in [-0.1, -0.05) is 13.0 Å². The van der Waals surface area contributed by atoms with Crippen molar-refractivity contribution in [2.24, 2.45) is 11.8 Å². The van der Waals surface area contributed by atoms with Crippen LogP contribution in [0.5, 0.6) is 0 Å². The lowest BCUT2D eigenvalue weighted by atomic mass is 9.88. The molecule has 0 aromatic carbocycles. The Morgan fingerprint density at radius 2 is 2.45 bits per heavy atom. The number of allylic oxidation sites excluding steroid dienone is 1. The highest BCUT2D eigenvalue weighted by Gasteiger charge is 2.27. The van der Waals surface area contributed by atoms with Gasteiger partial charge in [-0.25, -0.2) is 0 Å². The fourth-order valence-electron chi connectivity index (χ4n) is 1.26. The van der Waals surface area contributed by atoms with Gasteiger partial charge >= 0.3 is 0 Å². The first-order valence-electron chi connectivity index (χ1n) is 4.11. The zero-order valence-corrected chi connectivity index (χ0v) is 6.97. The molecule has 1 saturated heterocycles. The van der Waals surface area contributed by atoms with Crippen LogP contribution in [0.3, 0.4) is 0 Å². The Morgan fingerprint density at radius 3 is 2.82 bits per heavy atom. The number of ketones is 1. The molecule has 1 heterocycles. The highest BCUT2D eigenvalue weighted by atomic mass is 16.1. The van der Waals surface area contributed by atoms with Crippen LogP contribution < -0.4 is 5.32 Å². The summed E-state index contributed by atoms with van der Waals surface area (Å²) >= 11 is 0. The molecule has 1 N–H and O–H groups in total. The van der Waals surface area contributed by atoms with Gasteiger partial charge in [-0.2, -0.15) is 0 Å². The number of rotatable bonds is 4. The Kier molecular flexibility index (Phi) is 2.83. The fourth-order valence-corrected chi connectivity index (χ4v) is 1.26. The molecule has 1 aliphatic rings. The van der Waals surface area contributed by atoms with E-state index in [4.69, 9.17) is 0 Å². The predicted octanol–water partition coefficient (Wildman–Crippen LogP) is 0.987. The van der Waals surface area contributed by atoms with Crippen molar-refractivity contribution in [3.63, 3.8) is 0 Å². The average molecular weight is 153 g/mol. The Morgan fingerprint density at radius 1 is 1.82 bits per heavy atom. The number of Topliss-reactive ketones (excluding diaryl/α,β-unsaturated/α-hetero) is 1. The van der Waals surface area contributed by atoms with Crippen LogP contribution in [0.25, 0.3) is 0 Å². The van der Waals surface area contributed by atoms with Gasteiger partial charge in [0.25, 0.3) is 0 Å². The molecular weight excluding hydrogens is 138 g/mol. The maximum Gasteiger partial charge on any atom is 0.141 e. The monoisotopic (exact) mass is 153 g/mol. The first-order valence-corrected chi connectivity index (χ1v) is 4.11. The summed E-state index contributed by atoms with van der Waals surface area (Å²) in [6.07, 6.45) is 2.63. The van der Waals surface area contributed by atoms with Crippen molar-refractivity contribution >= 4 is 5.78 Å². The Hall–Kier alpha value is -0.630. The number of hydrogen-bond acceptors (Lipinski definition) is 2. The number of carbonyl (C=O) groups is 1. The molecule has 1 aliphatic heterocycles. The lowest BCUT2D eigenvalue weighted by molar-refractivity contribution is -0.127. The summed E-state index contributed by atoms with van der Waals surface area (Å²) in [7, 11) is 0. The van der Waals surface area contributed by atoms with E-state index in [1.54, 1.807) is 0 Å². The van der Waals surface area contributed by atoms with Gasteiger partial charge in [0, 0.05) is 24.9 Å². The minimum atomic E-state index is 0.166. The van der Waals surface area contributed by atoms with Crippen molar-refractivity contribution in [2.45, 2.75) is 13.3 Å². The third-order valence-electron chi connectivity index (χ3n) is 2.19. The summed E-state index contributed by atoms with van der Waals surface area (Å²) in [5.41, 5.74) is 0. The van der Waals surface area contributed by atoms with Crippen molar-refractivity contribution in [3.8, 4) is 0 Å². The first kappa shape index (κ1) is 8.47. The van der Waals surface area contributed by atoms with Crippen LogP contribution >= 0.6 is 0 Å². The van der Waals surface area contributed by atoms with Crippen molar-refractivity contribution in [1.82, 2.24) is 5.32 Å². The normalized spacial score (nSPS) is 20.5. The van der Waals surface area contributed by atoms with Crippen LogP contribution in [-0.2, 0) is 4.79 Å². The van der Waals surface area contributed by atoms with Crippen molar-refractivity contribution < 1.29 is 4.79 Å². The molecule has 0 aromatic heterocycles. The topological polar surface area (TPSA) is 29.1 Å². The minimum absolute atomic E-state index is 0.166. The van der Waals surface area contributed by atoms with Crippen LogP contribution in [0.2, 0.25) is 0 Å². The summed E-state index contributed by atoms with van der Waals surface area (Å²) < 4.78 is 0. The molecular formula is C9H15NO. The van der Waals surface area contributed by atoms with Gasteiger partial charge in [0.2, 0.25) is 0 Å².